The molecule has 0 radical (unpaired) electrons. The Morgan fingerprint density at radius 3 is 2.89 bits per heavy atom. The van der Waals surface area contributed by atoms with Crippen molar-refractivity contribution in [2.75, 3.05) is 13.2 Å². The predicted molar refractivity (Wildman–Crippen MR) is 109 cm³/mol. The van der Waals surface area contributed by atoms with E-state index in [0.29, 0.717) is 23.7 Å². The summed E-state index contributed by atoms with van der Waals surface area (Å²) in [4.78, 5) is 13.2. The van der Waals surface area contributed by atoms with Crippen molar-refractivity contribution in [3.63, 3.8) is 0 Å². The molecule has 0 spiro atoms. The number of amides is 1. The van der Waals surface area contributed by atoms with Crippen LogP contribution in [0.3, 0.4) is 0 Å². The van der Waals surface area contributed by atoms with Crippen molar-refractivity contribution in [3.05, 3.63) is 58.2 Å². The van der Waals surface area contributed by atoms with E-state index in [0.717, 1.165) is 16.9 Å². The summed E-state index contributed by atoms with van der Waals surface area (Å²) in [5, 5.41) is 11.9. The van der Waals surface area contributed by atoms with Crippen LogP contribution in [0, 0.1) is 4.77 Å². The largest absolute Gasteiger partial charge is 0.374 e. The third-order valence-corrected chi connectivity index (χ3v) is 5.26. The highest BCUT2D eigenvalue weighted by molar-refractivity contribution is 7.71. The van der Waals surface area contributed by atoms with Crippen LogP contribution in [0.4, 0.5) is 0 Å². The van der Waals surface area contributed by atoms with Crippen LogP contribution in [0.2, 0.25) is 0 Å². The van der Waals surface area contributed by atoms with Crippen molar-refractivity contribution in [3.8, 4) is 10.7 Å². The number of ether oxygens (including phenoxy) is 1. The lowest BCUT2D eigenvalue weighted by atomic mass is 10.1. The topological polar surface area (TPSA) is 71.9 Å². The number of rotatable bonds is 9. The molecule has 3 rings (SSSR count). The fourth-order valence-corrected chi connectivity index (χ4v) is 3.56. The standard InChI is InChI=1S/C19H22N4O2S2/c1-14(15-7-3-2-4-8-15)25-11-6-10-20-17(24)13-23-18(21-22-19(23)26)16-9-5-12-27-16/h2-5,7-9,12,14H,6,10-11,13H2,1H3,(H,20,24)(H,22,26). The highest BCUT2D eigenvalue weighted by atomic mass is 32.1. The van der Waals surface area contributed by atoms with Crippen LogP contribution in [0.25, 0.3) is 10.7 Å². The lowest BCUT2D eigenvalue weighted by Gasteiger charge is -2.13. The summed E-state index contributed by atoms with van der Waals surface area (Å²) in [6.45, 7) is 3.31. The van der Waals surface area contributed by atoms with E-state index in [1.54, 1.807) is 15.9 Å². The summed E-state index contributed by atoms with van der Waals surface area (Å²) >= 11 is 6.80. The van der Waals surface area contributed by atoms with Gasteiger partial charge in [0.25, 0.3) is 0 Å². The molecular formula is C19H22N4O2S2. The average Bonchev–Trinajstić information content (AvgIpc) is 3.32. The monoisotopic (exact) mass is 402 g/mol. The van der Waals surface area contributed by atoms with Gasteiger partial charge >= 0.3 is 0 Å². The van der Waals surface area contributed by atoms with Crippen LogP contribution in [0.15, 0.2) is 47.8 Å². The lowest BCUT2D eigenvalue weighted by molar-refractivity contribution is -0.121. The maximum Gasteiger partial charge on any atom is 0.240 e. The highest BCUT2D eigenvalue weighted by Crippen LogP contribution is 2.22. The number of hydrogen-bond donors (Lipinski definition) is 2. The molecule has 0 saturated heterocycles. The van der Waals surface area contributed by atoms with E-state index in [2.05, 4.69) is 15.5 Å². The molecule has 1 atom stereocenters. The van der Waals surface area contributed by atoms with E-state index in [1.807, 2.05) is 54.8 Å². The molecule has 2 N–H and O–H groups in total. The van der Waals surface area contributed by atoms with Gasteiger partial charge in [0.05, 0.1) is 11.0 Å². The molecule has 27 heavy (non-hydrogen) atoms. The van der Waals surface area contributed by atoms with Crippen LogP contribution in [0.5, 0.6) is 0 Å². The molecule has 6 nitrogen and oxygen atoms in total. The van der Waals surface area contributed by atoms with Crippen molar-refractivity contribution >= 4 is 29.5 Å². The van der Waals surface area contributed by atoms with Crippen LogP contribution < -0.4 is 5.32 Å². The van der Waals surface area contributed by atoms with Gasteiger partial charge in [-0.05, 0) is 42.6 Å². The fraction of sp³-hybridized carbons (Fsp3) is 0.316. The highest BCUT2D eigenvalue weighted by Gasteiger charge is 2.13. The Hall–Kier alpha value is -2.29. The Balaban J connectivity index is 1.42. The van der Waals surface area contributed by atoms with Crippen molar-refractivity contribution in [1.29, 1.82) is 0 Å². The summed E-state index contributed by atoms with van der Waals surface area (Å²) in [5.74, 6) is 0.589. The van der Waals surface area contributed by atoms with Crippen molar-refractivity contribution in [2.24, 2.45) is 0 Å². The minimum Gasteiger partial charge on any atom is -0.374 e. The van der Waals surface area contributed by atoms with Gasteiger partial charge in [0, 0.05) is 13.2 Å². The number of H-pyrrole nitrogens is 1. The first-order valence-corrected chi connectivity index (χ1v) is 10.1. The number of thiophene rings is 1. The number of nitrogens with zero attached hydrogens (tertiary/aromatic N) is 2. The molecule has 1 amide bonds. The fourth-order valence-electron chi connectivity index (χ4n) is 2.64. The van der Waals surface area contributed by atoms with Gasteiger partial charge in [-0.2, -0.15) is 5.10 Å². The Morgan fingerprint density at radius 2 is 2.15 bits per heavy atom. The Kier molecular flexibility index (Phi) is 6.92. The molecule has 2 aromatic heterocycles. The van der Waals surface area contributed by atoms with Crippen LogP contribution in [0.1, 0.15) is 25.0 Å². The van der Waals surface area contributed by atoms with E-state index < -0.39 is 0 Å². The van der Waals surface area contributed by atoms with Gasteiger partial charge in [-0.25, -0.2) is 0 Å². The summed E-state index contributed by atoms with van der Waals surface area (Å²) in [5.41, 5.74) is 1.15. The molecule has 0 aliphatic carbocycles. The molecule has 0 bridgehead atoms. The summed E-state index contributed by atoms with van der Waals surface area (Å²) in [6, 6.07) is 14.0. The molecule has 0 aliphatic heterocycles. The Labute approximate surface area is 167 Å². The summed E-state index contributed by atoms with van der Waals surface area (Å²) in [7, 11) is 0. The first kappa shape index (κ1) is 19.5. The predicted octanol–water partition coefficient (Wildman–Crippen LogP) is 3.95. The van der Waals surface area contributed by atoms with Crippen molar-refractivity contribution in [1.82, 2.24) is 20.1 Å². The Morgan fingerprint density at radius 1 is 1.33 bits per heavy atom. The molecule has 0 fully saturated rings. The van der Waals surface area contributed by atoms with Gasteiger partial charge in [-0.15, -0.1) is 11.3 Å². The Bertz CT molecular complexity index is 903. The quantitative estimate of drug-likeness (QED) is 0.420. The van der Waals surface area contributed by atoms with E-state index in [1.165, 1.54) is 0 Å². The molecule has 0 saturated carbocycles. The molecule has 2 heterocycles. The van der Waals surface area contributed by atoms with Gasteiger partial charge in [0.15, 0.2) is 10.6 Å². The number of aromatic amines is 1. The zero-order valence-corrected chi connectivity index (χ0v) is 16.7. The van der Waals surface area contributed by atoms with Crippen molar-refractivity contribution in [2.45, 2.75) is 26.0 Å². The normalized spacial score (nSPS) is 12.0. The average molecular weight is 403 g/mol. The van der Waals surface area contributed by atoms with Gasteiger partial charge < -0.3 is 10.1 Å². The number of hydrogen-bond acceptors (Lipinski definition) is 5. The maximum atomic E-state index is 12.2. The molecule has 142 valence electrons. The smallest absolute Gasteiger partial charge is 0.240 e. The van der Waals surface area contributed by atoms with E-state index in [4.69, 9.17) is 17.0 Å². The minimum absolute atomic E-state index is 0.0412. The first-order valence-electron chi connectivity index (χ1n) is 8.77. The van der Waals surface area contributed by atoms with Gasteiger partial charge in [0.1, 0.15) is 6.54 Å². The van der Waals surface area contributed by atoms with E-state index in [-0.39, 0.29) is 18.6 Å². The maximum absolute atomic E-state index is 12.2. The third-order valence-electron chi connectivity index (χ3n) is 4.08. The van der Waals surface area contributed by atoms with Crippen molar-refractivity contribution < 1.29 is 9.53 Å². The molecule has 8 heteroatoms. The number of aromatic nitrogens is 3. The molecule has 0 aliphatic rings. The number of carbonyl (C=O) groups excluding carboxylic acids is 1. The second kappa shape index (κ2) is 9.59. The molecular weight excluding hydrogens is 380 g/mol. The minimum atomic E-state index is -0.0959. The lowest BCUT2D eigenvalue weighted by Crippen LogP contribution is -2.29. The van der Waals surface area contributed by atoms with E-state index in [9.17, 15) is 4.79 Å². The van der Waals surface area contributed by atoms with Crippen LogP contribution in [-0.4, -0.2) is 33.8 Å². The van der Waals surface area contributed by atoms with Crippen LogP contribution in [-0.2, 0) is 16.1 Å². The second-order valence-corrected chi connectivity index (χ2v) is 7.38. The number of benzene rings is 1. The zero-order chi connectivity index (χ0) is 19.1. The molecule has 1 aromatic carbocycles. The second-order valence-electron chi connectivity index (χ2n) is 6.04. The molecule has 1 unspecified atom stereocenters. The van der Waals surface area contributed by atoms with E-state index >= 15 is 0 Å². The molecule has 3 aromatic rings. The first-order chi connectivity index (χ1) is 13.1. The number of carbonyl (C=O) groups is 1. The third kappa shape index (κ3) is 5.35. The van der Waals surface area contributed by atoms with Crippen LogP contribution >= 0.6 is 23.6 Å². The SMILES string of the molecule is CC(OCCCNC(=O)Cn1c(-c2cccs2)n[nH]c1=S)c1ccccc1. The summed E-state index contributed by atoms with van der Waals surface area (Å²) in [6.07, 6.45) is 0.789. The van der Waals surface area contributed by atoms with Gasteiger partial charge in [-0.1, -0.05) is 36.4 Å². The summed E-state index contributed by atoms with van der Waals surface area (Å²) < 4.78 is 7.97. The zero-order valence-electron chi connectivity index (χ0n) is 15.1. The van der Waals surface area contributed by atoms with Gasteiger partial charge in [0.2, 0.25) is 5.91 Å². The van der Waals surface area contributed by atoms with Gasteiger partial charge in [-0.3, -0.25) is 14.5 Å². The number of nitrogens with one attached hydrogen (secondary N) is 2.